The third-order valence-corrected chi connectivity index (χ3v) is 4.52. The second-order valence-corrected chi connectivity index (χ2v) is 6.12. The minimum Gasteiger partial charge on any atom is -0.481 e. The molecule has 1 atom stereocenters. The molecule has 0 spiro atoms. The highest BCUT2D eigenvalue weighted by atomic mass is 16.5. The number of rotatable bonds is 6. The maximum absolute atomic E-state index is 12.8. The fourth-order valence-electron chi connectivity index (χ4n) is 3.08. The molecule has 1 aliphatic carbocycles. The van der Waals surface area contributed by atoms with Crippen LogP contribution >= 0.6 is 0 Å². The molecule has 0 aliphatic heterocycles. The van der Waals surface area contributed by atoms with Gasteiger partial charge in [0.25, 0.3) is 5.91 Å². The molecule has 1 aliphatic rings. The lowest BCUT2D eigenvalue weighted by atomic mass is 9.75. The van der Waals surface area contributed by atoms with E-state index in [1.54, 1.807) is 44.8 Å². The number of anilines is 1. The Morgan fingerprint density at radius 2 is 2.12 bits per heavy atom. The molecule has 0 aromatic carbocycles. The maximum Gasteiger partial charge on any atom is 0.255 e. The van der Waals surface area contributed by atoms with Gasteiger partial charge in [-0.05, 0) is 36.5 Å². The molecule has 2 aromatic rings. The Bertz CT molecular complexity index is 729. The van der Waals surface area contributed by atoms with Gasteiger partial charge in [0, 0.05) is 25.5 Å². The van der Waals surface area contributed by atoms with Crippen molar-refractivity contribution in [1.29, 1.82) is 0 Å². The molecule has 0 saturated heterocycles. The van der Waals surface area contributed by atoms with Crippen LogP contribution in [0.2, 0.25) is 0 Å². The van der Waals surface area contributed by atoms with Gasteiger partial charge in [-0.1, -0.05) is 6.07 Å². The lowest BCUT2D eigenvalue weighted by molar-refractivity contribution is 0.0234. The lowest BCUT2D eigenvalue weighted by Gasteiger charge is -2.38. The van der Waals surface area contributed by atoms with E-state index in [1.807, 2.05) is 6.07 Å². The molecule has 3 N–H and O–H groups in total. The summed E-state index contributed by atoms with van der Waals surface area (Å²) in [7, 11) is 3.29. The number of ether oxygens (including phenoxy) is 1. The minimum atomic E-state index is -0.304. The van der Waals surface area contributed by atoms with E-state index >= 15 is 0 Å². The summed E-state index contributed by atoms with van der Waals surface area (Å²) < 4.78 is 5.09. The van der Waals surface area contributed by atoms with Crippen LogP contribution in [0.4, 0.5) is 5.82 Å². The van der Waals surface area contributed by atoms with Gasteiger partial charge in [0.2, 0.25) is 5.88 Å². The Morgan fingerprint density at radius 3 is 2.72 bits per heavy atom. The molecule has 7 heteroatoms. The topological polar surface area (TPSA) is 96.4 Å². The molecule has 1 amide bonds. The minimum absolute atomic E-state index is 0.170. The van der Waals surface area contributed by atoms with Gasteiger partial charge >= 0.3 is 0 Å². The number of aromatic nitrogens is 2. The summed E-state index contributed by atoms with van der Waals surface area (Å²) in [5, 5.41) is 15.7. The predicted octanol–water partition coefficient (Wildman–Crippen LogP) is 1.77. The molecule has 132 valence electrons. The largest absolute Gasteiger partial charge is 0.481 e. The van der Waals surface area contributed by atoms with E-state index in [9.17, 15) is 9.90 Å². The van der Waals surface area contributed by atoms with Gasteiger partial charge < -0.3 is 20.5 Å². The highest BCUT2D eigenvalue weighted by Gasteiger charge is 2.36. The molecule has 2 aromatic heterocycles. The van der Waals surface area contributed by atoms with Gasteiger partial charge in [0.1, 0.15) is 5.82 Å². The number of aliphatic hydroxyl groups is 1. The van der Waals surface area contributed by atoms with Gasteiger partial charge in [-0.25, -0.2) is 9.97 Å². The van der Waals surface area contributed by atoms with Crippen LogP contribution in [0.25, 0.3) is 0 Å². The zero-order chi connectivity index (χ0) is 17.8. The van der Waals surface area contributed by atoms with Gasteiger partial charge in [0.15, 0.2) is 0 Å². The van der Waals surface area contributed by atoms with Crippen molar-refractivity contribution < 1.29 is 14.6 Å². The number of carbonyl (C=O) groups excluding carboxylic acids is 1. The second kappa shape index (κ2) is 7.48. The summed E-state index contributed by atoms with van der Waals surface area (Å²) in [5.41, 5.74) is 1.37. The van der Waals surface area contributed by atoms with Crippen LogP contribution < -0.4 is 15.4 Å². The molecule has 0 radical (unpaired) electrons. The molecule has 7 nitrogen and oxygen atoms in total. The van der Waals surface area contributed by atoms with Gasteiger partial charge in [-0.15, -0.1) is 0 Å². The normalized spacial score (nSPS) is 20.3. The fourth-order valence-corrected chi connectivity index (χ4v) is 3.08. The molecule has 0 unspecified atom stereocenters. The van der Waals surface area contributed by atoms with E-state index in [4.69, 9.17) is 4.74 Å². The van der Waals surface area contributed by atoms with Crippen molar-refractivity contribution in [1.82, 2.24) is 15.3 Å². The van der Waals surface area contributed by atoms with Gasteiger partial charge in [-0.3, -0.25) is 4.79 Å². The molecule has 2 heterocycles. The molecule has 0 bridgehead atoms. The summed E-state index contributed by atoms with van der Waals surface area (Å²) in [4.78, 5) is 21.2. The number of nitrogens with zero attached hydrogens (tertiary/aromatic N) is 2. The van der Waals surface area contributed by atoms with Crippen LogP contribution in [-0.4, -0.2) is 41.2 Å². The number of amides is 1. The third kappa shape index (κ3) is 3.71. The molecule has 3 rings (SSSR count). The van der Waals surface area contributed by atoms with E-state index in [-0.39, 0.29) is 24.0 Å². The first-order valence-electron chi connectivity index (χ1n) is 8.24. The predicted molar refractivity (Wildman–Crippen MR) is 93.5 cm³/mol. The summed E-state index contributed by atoms with van der Waals surface area (Å²) in [6.45, 7) is 0. The van der Waals surface area contributed by atoms with Gasteiger partial charge in [-0.2, -0.15) is 0 Å². The van der Waals surface area contributed by atoms with Crippen molar-refractivity contribution in [2.45, 2.75) is 25.0 Å². The SMILES string of the molecule is CNc1ncccc1C(=O)N[C@H](c1ccc(OC)nc1)C1CC(O)C1. The number of pyridine rings is 2. The number of hydrogen-bond acceptors (Lipinski definition) is 6. The number of nitrogens with one attached hydrogen (secondary N) is 2. The van der Waals surface area contributed by atoms with Crippen molar-refractivity contribution in [2.75, 3.05) is 19.5 Å². The first-order valence-corrected chi connectivity index (χ1v) is 8.24. The van der Waals surface area contributed by atoms with Crippen LogP contribution in [0.1, 0.15) is 34.8 Å². The molecular weight excluding hydrogens is 320 g/mol. The Morgan fingerprint density at radius 1 is 1.32 bits per heavy atom. The quantitative estimate of drug-likeness (QED) is 0.740. The summed E-state index contributed by atoms with van der Waals surface area (Å²) in [5.74, 6) is 1.01. The van der Waals surface area contributed by atoms with Crippen molar-refractivity contribution in [3.8, 4) is 5.88 Å². The first-order chi connectivity index (χ1) is 12.1. The lowest BCUT2D eigenvalue weighted by Crippen LogP contribution is -2.41. The zero-order valence-electron chi connectivity index (χ0n) is 14.3. The Balaban J connectivity index is 1.83. The third-order valence-electron chi connectivity index (χ3n) is 4.52. The van der Waals surface area contributed by atoms with E-state index in [0.29, 0.717) is 30.1 Å². The Labute approximate surface area is 146 Å². The van der Waals surface area contributed by atoms with Crippen molar-refractivity contribution in [2.24, 2.45) is 5.92 Å². The highest BCUT2D eigenvalue weighted by molar-refractivity contribution is 5.98. The highest BCUT2D eigenvalue weighted by Crippen LogP contribution is 2.38. The van der Waals surface area contributed by atoms with E-state index in [2.05, 4.69) is 20.6 Å². The fraction of sp³-hybridized carbons (Fsp3) is 0.389. The molecule has 1 saturated carbocycles. The van der Waals surface area contributed by atoms with Crippen LogP contribution in [0.3, 0.4) is 0 Å². The Kier molecular flexibility index (Phi) is 5.14. The van der Waals surface area contributed by atoms with Crippen LogP contribution in [0.5, 0.6) is 5.88 Å². The van der Waals surface area contributed by atoms with Crippen LogP contribution in [0, 0.1) is 5.92 Å². The van der Waals surface area contributed by atoms with E-state index in [1.165, 1.54) is 0 Å². The monoisotopic (exact) mass is 342 g/mol. The number of aliphatic hydroxyl groups excluding tert-OH is 1. The maximum atomic E-state index is 12.8. The zero-order valence-corrected chi connectivity index (χ0v) is 14.3. The first kappa shape index (κ1) is 17.2. The Hall–Kier alpha value is -2.67. The van der Waals surface area contributed by atoms with Crippen molar-refractivity contribution >= 4 is 11.7 Å². The average molecular weight is 342 g/mol. The molecule has 1 fully saturated rings. The van der Waals surface area contributed by atoms with E-state index < -0.39 is 0 Å². The molecular formula is C18H22N4O3. The van der Waals surface area contributed by atoms with Gasteiger partial charge in [0.05, 0.1) is 24.8 Å². The van der Waals surface area contributed by atoms with Crippen LogP contribution in [-0.2, 0) is 0 Å². The second-order valence-electron chi connectivity index (χ2n) is 6.12. The van der Waals surface area contributed by atoms with E-state index in [0.717, 1.165) is 5.56 Å². The number of hydrogen-bond donors (Lipinski definition) is 3. The number of methoxy groups -OCH3 is 1. The van der Waals surface area contributed by atoms with Crippen molar-refractivity contribution in [3.63, 3.8) is 0 Å². The summed E-state index contributed by atoms with van der Waals surface area (Å²) in [6, 6.07) is 6.90. The van der Waals surface area contributed by atoms with Crippen LogP contribution in [0.15, 0.2) is 36.7 Å². The van der Waals surface area contributed by atoms with Crippen molar-refractivity contribution in [3.05, 3.63) is 47.8 Å². The standard InChI is InChI=1S/C18H22N4O3/c1-19-17-14(4-3-7-20-17)18(24)22-16(12-8-13(23)9-12)11-5-6-15(25-2)21-10-11/h3-7,10,12-13,16,23H,8-9H2,1-2H3,(H,19,20)(H,22,24)/t12?,13?,16-/m1/s1. The molecule has 25 heavy (non-hydrogen) atoms. The average Bonchev–Trinajstić information content (AvgIpc) is 2.63. The smallest absolute Gasteiger partial charge is 0.255 e. The summed E-state index contributed by atoms with van der Waals surface area (Å²) in [6.07, 6.45) is 4.35. The number of carbonyl (C=O) groups is 1. The summed E-state index contributed by atoms with van der Waals surface area (Å²) >= 11 is 0.